The summed E-state index contributed by atoms with van der Waals surface area (Å²) in [5, 5.41) is 0. The molecule has 0 N–H and O–H groups in total. The van der Waals surface area contributed by atoms with Crippen molar-refractivity contribution in [1.29, 1.82) is 0 Å². The van der Waals surface area contributed by atoms with E-state index in [1.165, 1.54) is 5.56 Å². The van der Waals surface area contributed by atoms with Crippen LogP contribution in [0.5, 0.6) is 11.5 Å². The first-order valence-corrected chi connectivity index (χ1v) is 12.2. The molecule has 2 amide bonds. The van der Waals surface area contributed by atoms with E-state index in [1.807, 2.05) is 53.1 Å². The van der Waals surface area contributed by atoms with Gasteiger partial charge in [-0.1, -0.05) is 43.2 Å². The van der Waals surface area contributed by atoms with E-state index in [0.717, 1.165) is 54.9 Å². The number of nitrogens with zero attached hydrogens (tertiary/aromatic N) is 2. The SMILES string of the molecule is CCN(Cc1cccc2c1OCCO2)C(=O)C1CCCCC1C(=O)N1CCc2ccccc21. The van der Waals surface area contributed by atoms with Crippen molar-refractivity contribution in [1.82, 2.24) is 4.90 Å². The molecule has 0 saturated heterocycles. The van der Waals surface area contributed by atoms with Crippen LogP contribution < -0.4 is 14.4 Å². The Kier molecular flexibility index (Phi) is 6.25. The van der Waals surface area contributed by atoms with Gasteiger partial charge in [-0.2, -0.15) is 0 Å². The van der Waals surface area contributed by atoms with E-state index in [1.54, 1.807) is 0 Å². The molecular formula is C27H32N2O4. The maximum atomic E-state index is 13.8. The molecule has 0 spiro atoms. The first-order chi connectivity index (χ1) is 16.2. The molecule has 2 atom stereocenters. The molecule has 1 fully saturated rings. The highest BCUT2D eigenvalue weighted by atomic mass is 16.6. The maximum Gasteiger partial charge on any atom is 0.230 e. The fourth-order valence-electron chi connectivity index (χ4n) is 5.53. The first kappa shape index (κ1) is 21.8. The number of hydrogen-bond acceptors (Lipinski definition) is 4. The largest absolute Gasteiger partial charge is 0.486 e. The third-order valence-corrected chi connectivity index (χ3v) is 7.26. The summed E-state index contributed by atoms with van der Waals surface area (Å²) in [5.74, 6) is 1.15. The van der Waals surface area contributed by atoms with Crippen molar-refractivity contribution in [2.45, 2.75) is 45.6 Å². The summed E-state index contributed by atoms with van der Waals surface area (Å²) in [6.45, 7) is 4.82. The summed E-state index contributed by atoms with van der Waals surface area (Å²) < 4.78 is 11.6. The van der Waals surface area contributed by atoms with Gasteiger partial charge in [0, 0.05) is 36.8 Å². The standard InChI is InChI=1S/C27H32N2O4/c1-2-28(18-20-9-7-13-24-25(20)33-17-16-32-24)26(30)21-10-4-5-11-22(21)27(31)29-15-14-19-8-3-6-12-23(19)29/h3,6-9,12-13,21-22H,2,4-5,10-11,14-18H2,1H3. The number of amides is 2. The molecule has 5 rings (SSSR count). The number of benzene rings is 2. The lowest BCUT2D eigenvalue weighted by atomic mass is 9.77. The van der Waals surface area contributed by atoms with Gasteiger partial charge in [0.1, 0.15) is 13.2 Å². The molecule has 2 aromatic carbocycles. The Bertz CT molecular complexity index is 1040. The highest BCUT2D eigenvalue weighted by Gasteiger charge is 2.41. The van der Waals surface area contributed by atoms with E-state index in [4.69, 9.17) is 9.47 Å². The second kappa shape index (κ2) is 9.46. The molecule has 0 radical (unpaired) electrons. The van der Waals surface area contributed by atoms with Gasteiger partial charge in [-0.3, -0.25) is 9.59 Å². The summed E-state index contributed by atoms with van der Waals surface area (Å²) in [6.07, 6.45) is 4.43. The van der Waals surface area contributed by atoms with Crippen molar-refractivity contribution in [2.75, 3.05) is 31.2 Å². The molecule has 33 heavy (non-hydrogen) atoms. The Balaban J connectivity index is 1.35. The van der Waals surface area contributed by atoms with Crippen LogP contribution in [0.25, 0.3) is 0 Å². The molecule has 6 heteroatoms. The van der Waals surface area contributed by atoms with Crippen LogP contribution >= 0.6 is 0 Å². The second-order valence-electron chi connectivity index (χ2n) is 9.16. The monoisotopic (exact) mass is 448 g/mol. The minimum Gasteiger partial charge on any atom is -0.486 e. The van der Waals surface area contributed by atoms with E-state index in [-0.39, 0.29) is 23.7 Å². The highest BCUT2D eigenvalue weighted by Crippen LogP contribution is 2.38. The van der Waals surface area contributed by atoms with Gasteiger partial charge in [0.25, 0.3) is 0 Å². The number of fused-ring (bicyclic) bond motifs is 2. The number of carbonyl (C=O) groups is 2. The third-order valence-electron chi connectivity index (χ3n) is 7.26. The summed E-state index contributed by atoms with van der Waals surface area (Å²) in [5.41, 5.74) is 3.19. The molecule has 2 aliphatic heterocycles. The van der Waals surface area contributed by atoms with Gasteiger partial charge in [-0.25, -0.2) is 0 Å². The molecule has 2 aromatic rings. The predicted molar refractivity (Wildman–Crippen MR) is 126 cm³/mol. The van der Waals surface area contributed by atoms with Gasteiger partial charge in [0.15, 0.2) is 11.5 Å². The Morgan fingerprint density at radius 3 is 2.64 bits per heavy atom. The third kappa shape index (κ3) is 4.19. The van der Waals surface area contributed by atoms with Gasteiger partial charge in [0.05, 0.1) is 5.92 Å². The van der Waals surface area contributed by atoms with E-state index < -0.39 is 0 Å². The van der Waals surface area contributed by atoms with Crippen LogP contribution in [-0.2, 0) is 22.6 Å². The topological polar surface area (TPSA) is 59.1 Å². The van der Waals surface area contributed by atoms with Crippen LogP contribution in [-0.4, -0.2) is 43.0 Å². The van der Waals surface area contributed by atoms with Gasteiger partial charge in [-0.05, 0) is 43.9 Å². The summed E-state index contributed by atoms with van der Waals surface area (Å²) in [4.78, 5) is 31.2. The van der Waals surface area contributed by atoms with E-state index in [2.05, 4.69) is 6.07 Å². The van der Waals surface area contributed by atoms with Crippen LogP contribution in [0, 0.1) is 11.8 Å². The zero-order valence-corrected chi connectivity index (χ0v) is 19.3. The second-order valence-corrected chi connectivity index (χ2v) is 9.16. The van der Waals surface area contributed by atoms with Crippen molar-refractivity contribution >= 4 is 17.5 Å². The fraction of sp³-hybridized carbons (Fsp3) is 0.481. The van der Waals surface area contributed by atoms with Crippen LogP contribution in [0.1, 0.15) is 43.7 Å². The summed E-state index contributed by atoms with van der Waals surface area (Å²) >= 11 is 0. The van der Waals surface area contributed by atoms with Gasteiger partial charge in [-0.15, -0.1) is 0 Å². The van der Waals surface area contributed by atoms with Crippen molar-refractivity contribution in [3.63, 3.8) is 0 Å². The molecule has 1 saturated carbocycles. The lowest BCUT2D eigenvalue weighted by Gasteiger charge is -2.36. The highest BCUT2D eigenvalue weighted by molar-refractivity contribution is 5.99. The predicted octanol–water partition coefficient (Wildman–Crippen LogP) is 4.20. The van der Waals surface area contributed by atoms with Gasteiger partial charge >= 0.3 is 0 Å². The minimum atomic E-state index is -0.268. The zero-order valence-electron chi connectivity index (χ0n) is 19.3. The number of hydrogen-bond donors (Lipinski definition) is 0. The zero-order chi connectivity index (χ0) is 22.8. The molecule has 2 heterocycles. The molecule has 174 valence electrons. The lowest BCUT2D eigenvalue weighted by Crippen LogP contribution is -2.46. The van der Waals surface area contributed by atoms with E-state index in [0.29, 0.717) is 32.8 Å². The average molecular weight is 449 g/mol. The lowest BCUT2D eigenvalue weighted by molar-refractivity contribution is -0.143. The normalized spacial score (nSPS) is 21.4. The van der Waals surface area contributed by atoms with E-state index >= 15 is 0 Å². The molecular weight excluding hydrogens is 416 g/mol. The first-order valence-electron chi connectivity index (χ1n) is 12.2. The number of rotatable bonds is 5. The minimum absolute atomic E-state index is 0.0809. The van der Waals surface area contributed by atoms with Crippen molar-refractivity contribution in [3.05, 3.63) is 53.6 Å². The number of para-hydroxylation sites is 2. The van der Waals surface area contributed by atoms with Crippen LogP contribution in [0.4, 0.5) is 5.69 Å². The Hall–Kier alpha value is -3.02. The fourth-order valence-corrected chi connectivity index (χ4v) is 5.53. The Labute approximate surface area is 195 Å². The molecule has 0 aromatic heterocycles. The van der Waals surface area contributed by atoms with Crippen molar-refractivity contribution in [2.24, 2.45) is 11.8 Å². The molecule has 1 aliphatic carbocycles. The van der Waals surface area contributed by atoms with E-state index in [9.17, 15) is 9.59 Å². The number of anilines is 1. The summed E-state index contributed by atoms with van der Waals surface area (Å²) in [6, 6.07) is 14.0. The number of carbonyl (C=O) groups excluding carboxylic acids is 2. The van der Waals surface area contributed by atoms with Crippen molar-refractivity contribution < 1.29 is 19.1 Å². The Morgan fingerprint density at radius 1 is 1.00 bits per heavy atom. The van der Waals surface area contributed by atoms with Crippen LogP contribution in [0.15, 0.2) is 42.5 Å². The van der Waals surface area contributed by atoms with Gasteiger partial charge in [0.2, 0.25) is 11.8 Å². The summed E-state index contributed by atoms with van der Waals surface area (Å²) in [7, 11) is 0. The number of ether oxygens (including phenoxy) is 2. The van der Waals surface area contributed by atoms with Crippen molar-refractivity contribution in [3.8, 4) is 11.5 Å². The molecule has 6 nitrogen and oxygen atoms in total. The smallest absolute Gasteiger partial charge is 0.230 e. The molecule has 2 unspecified atom stereocenters. The molecule has 0 bridgehead atoms. The van der Waals surface area contributed by atoms with Crippen LogP contribution in [0.3, 0.4) is 0 Å². The average Bonchev–Trinajstić information content (AvgIpc) is 3.31. The quantitative estimate of drug-likeness (QED) is 0.688. The molecule has 3 aliphatic rings. The van der Waals surface area contributed by atoms with Crippen LogP contribution in [0.2, 0.25) is 0 Å². The van der Waals surface area contributed by atoms with Gasteiger partial charge < -0.3 is 19.3 Å². The maximum absolute atomic E-state index is 13.8. The Morgan fingerprint density at radius 2 is 1.79 bits per heavy atom.